The van der Waals surface area contributed by atoms with Crippen LogP contribution in [0.1, 0.15) is 48.2 Å². The largest absolute Gasteiger partial charge is 0.511 e. The molecule has 4 aliphatic rings. The number of thiazole rings is 1. The third-order valence-corrected chi connectivity index (χ3v) is 8.65. The highest BCUT2D eigenvalue weighted by Gasteiger charge is 2.42. The van der Waals surface area contributed by atoms with Crippen LogP contribution in [0.5, 0.6) is 0 Å². The van der Waals surface area contributed by atoms with E-state index in [0.29, 0.717) is 26.0 Å². The van der Waals surface area contributed by atoms with Gasteiger partial charge in [-0.2, -0.15) is 0 Å². The highest BCUT2D eigenvalue weighted by molar-refractivity contribution is 7.18. The van der Waals surface area contributed by atoms with E-state index in [2.05, 4.69) is 10.3 Å². The van der Waals surface area contributed by atoms with E-state index >= 15 is 0 Å². The number of halogens is 2. The average molecular weight is 481 g/mol. The van der Waals surface area contributed by atoms with Crippen molar-refractivity contribution in [2.45, 2.75) is 57.8 Å². The molecule has 0 unspecified atom stereocenters. The first-order valence-electron chi connectivity index (χ1n) is 10.6. The maximum absolute atomic E-state index is 14.1. The van der Waals surface area contributed by atoms with Gasteiger partial charge in [-0.1, -0.05) is 0 Å². The highest BCUT2D eigenvalue weighted by Crippen LogP contribution is 2.49. The molecule has 1 fully saturated rings. The van der Waals surface area contributed by atoms with Crippen molar-refractivity contribution in [1.29, 1.82) is 0 Å². The van der Waals surface area contributed by atoms with Crippen LogP contribution in [-0.4, -0.2) is 28.1 Å². The van der Waals surface area contributed by atoms with Crippen molar-refractivity contribution < 1.29 is 28.2 Å². The Hall–Kier alpha value is -2.33. The molecule has 32 heavy (non-hydrogen) atoms. The van der Waals surface area contributed by atoms with Crippen LogP contribution in [0.4, 0.5) is 18.6 Å². The van der Waals surface area contributed by atoms with Gasteiger partial charge >= 0.3 is 6.16 Å². The molecule has 0 radical (unpaired) electrons. The van der Waals surface area contributed by atoms with E-state index in [1.165, 1.54) is 22.7 Å². The number of thiophene rings is 1. The van der Waals surface area contributed by atoms with Crippen LogP contribution in [0.3, 0.4) is 0 Å². The second kappa shape index (κ2) is 7.91. The lowest BCUT2D eigenvalue weighted by molar-refractivity contribution is -0.114. The van der Waals surface area contributed by atoms with Crippen LogP contribution >= 0.6 is 22.7 Å². The van der Waals surface area contributed by atoms with Gasteiger partial charge in [-0.25, -0.2) is 18.6 Å². The van der Waals surface area contributed by atoms with Crippen molar-refractivity contribution in [3.05, 3.63) is 32.8 Å². The maximum atomic E-state index is 14.1. The van der Waals surface area contributed by atoms with Gasteiger partial charge in [-0.15, -0.1) is 22.7 Å². The fraction of sp³-hybridized carbons (Fsp3) is 0.500. The second-order valence-electron chi connectivity index (χ2n) is 8.68. The zero-order chi connectivity index (χ0) is 22.6. The van der Waals surface area contributed by atoms with Gasteiger partial charge in [0.15, 0.2) is 0 Å². The second-order valence-corrected chi connectivity index (χ2v) is 10.6. The Balaban J connectivity index is 1.54. The number of fused-ring (bicyclic) bond motifs is 3. The molecule has 0 spiro atoms. The monoisotopic (exact) mass is 480 g/mol. The number of rotatable bonds is 4. The number of allylic oxidation sites excluding steroid dienone is 1. The number of anilines is 1. The summed E-state index contributed by atoms with van der Waals surface area (Å²) in [6, 6.07) is 0. The van der Waals surface area contributed by atoms with Crippen molar-refractivity contribution in [2.75, 3.05) is 5.32 Å². The number of carbonyl (C=O) groups excluding carboxylic acids is 1. The van der Waals surface area contributed by atoms with Crippen LogP contribution in [0.2, 0.25) is 0 Å². The molecule has 0 atom stereocenters. The van der Waals surface area contributed by atoms with Gasteiger partial charge in [-0.3, -0.25) is 4.79 Å². The van der Waals surface area contributed by atoms with Gasteiger partial charge in [-0.05, 0) is 50.5 Å². The molecule has 1 saturated carbocycles. The van der Waals surface area contributed by atoms with Crippen LogP contribution in [0.25, 0.3) is 10.6 Å². The van der Waals surface area contributed by atoms with Crippen molar-refractivity contribution >= 4 is 39.7 Å². The van der Waals surface area contributed by atoms with Gasteiger partial charge in [0.05, 0.1) is 5.57 Å². The lowest BCUT2D eigenvalue weighted by Gasteiger charge is -2.37. The predicted octanol–water partition coefficient (Wildman–Crippen LogP) is 6.01. The number of hydrogen-bond donors (Lipinski definition) is 2. The van der Waals surface area contributed by atoms with Crippen molar-refractivity contribution in [2.24, 2.45) is 11.8 Å². The van der Waals surface area contributed by atoms with Crippen LogP contribution < -0.4 is 5.32 Å². The number of carboxylic acid groups (broad SMARTS) is 1. The standard InChI is InChI=1S/C22H22F2N2O4S2/c1-10-9-31-19(25-10)16-13-6-7-22(23,24)8-14(13)32-20(16)26-18(27)15-11-2-4-12(5-3-11)17(15)30-21(28)29/h9,11-12H,2-8H2,1H3,(H,26,27)(H,28,29). The number of aryl methyl sites for hydroxylation is 1. The minimum absolute atomic E-state index is 0.0566. The fourth-order valence-electron chi connectivity index (χ4n) is 5.10. The Bertz CT molecular complexity index is 1130. The summed E-state index contributed by atoms with van der Waals surface area (Å²) in [5, 5.41) is 15.2. The Morgan fingerprint density at radius 3 is 2.62 bits per heavy atom. The molecule has 2 N–H and O–H groups in total. The van der Waals surface area contributed by atoms with Gasteiger partial charge in [0.1, 0.15) is 15.8 Å². The molecule has 2 aromatic heterocycles. The summed E-state index contributed by atoms with van der Waals surface area (Å²) in [6.07, 6.45) is 1.45. The number of alkyl halides is 2. The molecule has 170 valence electrons. The molecule has 4 aliphatic carbocycles. The lowest BCUT2D eigenvalue weighted by atomic mass is 9.70. The number of amides is 1. The Kier molecular flexibility index (Phi) is 5.32. The van der Waals surface area contributed by atoms with Gasteiger partial charge in [0.2, 0.25) is 0 Å². The number of nitrogens with one attached hydrogen (secondary N) is 1. The summed E-state index contributed by atoms with van der Waals surface area (Å²) in [6.45, 7) is 1.87. The molecular formula is C22H22F2N2O4S2. The Morgan fingerprint density at radius 1 is 1.25 bits per heavy atom. The number of carbonyl (C=O) groups is 2. The van der Waals surface area contributed by atoms with E-state index in [1.54, 1.807) is 0 Å². The third kappa shape index (κ3) is 3.83. The third-order valence-electron chi connectivity index (χ3n) is 6.52. The topological polar surface area (TPSA) is 88.5 Å². The minimum Gasteiger partial charge on any atom is -0.449 e. The first-order valence-corrected chi connectivity index (χ1v) is 12.3. The van der Waals surface area contributed by atoms with E-state index in [0.717, 1.165) is 36.9 Å². The predicted molar refractivity (Wildman–Crippen MR) is 117 cm³/mol. The summed E-state index contributed by atoms with van der Waals surface area (Å²) in [4.78, 5) is 29.7. The number of hydrogen-bond acceptors (Lipinski definition) is 6. The molecule has 10 heteroatoms. The molecule has 0 aliphatic heterocycles. The van der Waals surface area contributed by atoms with Crippen molar-refractivity contribution in [3.8, 4) is 10.6 Å². The zero-order valence-electron chi connectivity index (χ0n) is 17.4. The first kappa shape index (κ1) is 21.5. The van der Waals surface area contributed by atoms with E-state index in [-0.39, 0.29) is 36.9 Å². The van der Waals surface area contributed by atoms with Crippen molar-refractivity contribution in [1.82, 2.24) is 4.98 Å². The van der Waals surface area contributed by atoms with E-state index in [1.807, 2.05) is 12.3 Å². The molecule has 0 aromatic carbocycles. The number of aromatic nitrogens is 1. The molecule has 6 nitrogen and oxygen atoms in total. The van der Waals surface area contributed by atoms with E-state index in [9.17, 15) is 23.5 Å². The summed E-state index contributed by atoms with van der Waals surface area (Å²) < 4.78 is 33.2. The van der Waals surface area contributed by atoms with Gasteiger partial charge in [0, 0.05) is 40.3 Å². The van der Waals surface area contributed by atoms with Gasteiger partial charge in [0.25, 0.3) is 11.8 Å². The normalized spacial score (nSPS) is 23.7. The van der Waals surface area contributed by atoms with E-state index in [4.69, 9.17) is 4.74 Å². The summed E-state index contributed by atoms with van der Waals surface area (Å²) in [5.41, 5.74) is 2.75. The summed E-state index contributed by atoms with van der Waals surface area (Å²) in [7, 11) is 0. The van der Waals surface area contributed by atoms with Crippen LogP contribution in [0, 0.1) is 18.8 Å². The quantitative estimate of drug-likeness (QED) is 0.523. The molecular weight excluding hydrogens is 458 g/mol. The fourth-order valence-corrected chi connectivity index (χ4v) is 7.36. The maximum Gasteiger partial charge on any atom is 0.511 e. The Labute approximate surface area is 191 Å². The highest BCUT2D eigenvalue weighted by atomic mass is 32.1. The summed E-state index contributed by atoms with van der Waals surface area (Å²) >= 11 is 2.59. The summed E-state index contributed by atoms with van der Waals surface area (Å²) in [5.74, 6) is -3.05. The smallest absolute Gasteiger partial charge is 0.449 e. The van der Waals surface area contributed by atoms with Crippen molar-refractivity contribution in [3.63, 3.8) is 0 Å². The molecule has 6 rings (SSSR count). The van der Waals surface area contributed by atoms with Gasteiger partial charge < -0.3 is 15.2 Å². The van der Waals surface area contributed by atoms with E-state index < -0.39 is 18.0 Å². The molecule has 2 heterocycles. The van der Waals surface area contributed by atoms with Crippen LogP contribution in [0.15, 0.2) is 16.7 Å². The minimum atomic E-state index is -2.76. The average Bonchev–Trinajstić information content (AvgIpc) is 3.29. The zero-order valence-corrected chi connectivity index (χ0v) is 19.0. The number of nitrogens with zero attached hydrogens (tertiary/aromatic N) is 1. The first-order chi connectivity index (χ1) is 15.2. The molecule has 0 saturated heterocycles. The molecule has 1 amide bonds. The van der Waals surface area contributed by atoms with Crippen LogP contribution in [-0.2, 0) is 22.4 Å². The molecule has 2 bridgehead atoms. The Morgan fingerprint density at radius 2 is 1.97 bits per heavy atom. The lowest BCUT2D eigenvalue weighted by Crippen LogP contribution is -2.34. The molecule has 2 aromatic rings. The SMILES string of the molecule is Cc1csc(-c2c(NC(=O)C3=C(OC(=O)O)C4CCC3CC4)sc3c2CCC(F)(F)C3)n1. The number of ether oxygens (including phenoxy) is 1.